The molecule has 6 heteroatoms. The van der Waals surface area contributed by atoms with Crippen molar-refractivity contribution in [3.63, 3.8) is 0 Å². The number of benzene rings is 2. The van der Waals surface area contributed by atoms with E-state index in [0.717, 1.165) is 33.1 Å². The molecule has 0 unspecified atom stereocenters. The highest BCUT2D eigenvalue weighted by molar-refractivity contribution is 7.80. The Morgan fingerprint density at radius 1 is 1.10 bits per heavy atom. The van der Waals surface area contributed by atoms with Crippen LogP contribution in [0.3, 0.4) is 0 Å². The lowest BCUT2D eigenvalue weighted by Gasteiger charge is -2.13. The van der Waals surface area contributed by atoms with Crippen LogP contribution in [-0.4, -0.2) is 28.9 Å². The number of carbonyl (C=O) groups excluding carboxylic acids is 1. The van der Waals surface area contributed by atoms with Gasteiger partial charge in [0.2, 0.25) is 0 Å². The first-order chi connectivity index (χ1) is 14.0. The fourth-order valence-corrected chi connectivity index (χ4v) is 3.36. The van der Waals surface area contributed by atoms with Crippen LogP contribution >= 0.6 is 12.6 Å². The number of aromatic nitrogens is 1. The minimum atomic E-state index is -0.306. The second kappa shape index (κ2) is 9.76. The summed E-state index contributed by atoms with van der Waals surface area (Å²) < 4.78 is 20.7. The van der Waals surface area contributed by atoms with Crippen LogP contribution in [-0.2, 0) is 16.0 Å². The minimum Gasteiger partial charge on any atom is -0.465 e. The van der Waals surface area contributed by atoms with Crippen molar-refractivity contribution in [2.45, 2.75) is 31.1 Å². The van der Waals surface area contributed by atoms with Gasteiger partial charge in [-0.3, -0.25) is 4.79 Å². The van der Waals surface area contributed by atoms with Crippen LogP contribution < -0.4 is 0 Å². The average Bonchev–Trinajstić information content (AvgIpc) is 3.03. The van der Waals surface area contributed by atoms with Crippen molar-refractivity contribution in [3.8, 4) is 16.9 Å². The van der Waals surface area contributed by atoms with Crippen LogP contribution in [0.1, 0.15) is 24.1 Å². The summed E-state index contributed by atoms with van der Waals surface area (Å²) in [5.41, 5.74) is 4.44. The van der Waals surface area contributed by atoms with E-state index in [0.29, 0.717) is 19.4 Å². The number of aliphatic hydroxyl groups is 1. The number of thiol groups is 1. The summed E-state index contributed by atoms with van der Waals surface area (Å²) in [6.07, 6.45) is 1.40. The van der Waals surface area contributed by atoms with E-state index in [1.165, 1.54) is 12.1 Å². The highest BCUT2D eigenvalue weighted by Gasteiger charge is 2.17. The third kappa shape index (κ3) is 5.28. The lowest BCUT2D eigenvalue weighted by Crippen LogP contribution is -2.10. The second-order valence-electron chi connectivity index (χ2n) is 6.83. The molecule has 3 aromatic rings. The van der Waals surface area contributed by atoms with E-state index in [1.807, 2.05) is 41.8 Å². The summed E-state index contributed by atoms with van der Waals surface area (Å²) in [6.45, 7) is 2.33. The van der Waals surface area contributed by atoms with Gasteiger partial charge in [0.15, 0.2) is 0 Å². The molecule has 0 radical (unpaired) electrons. The number of nitrogens with zero attached hydrogens (tertiary/aromatic N) is 1. The van der Waals surface area contributed by atoms with Crippen molar-refractivity contribution in [2.75, 3.05) is 13.2 Å². The fraction of sp³-hybridized carbons (Fsp3) is 0.261. The van der Waals surface area contributed by atoms with Crippen LogP contribution in [0.2, 0.25) is 0 Å². The molecule has 0 amide bonds. The Bertz CT molecular complexity index is 965. The van der Waals surface area contributed by atoms with Gasteiger partial charge < -0.3 is 14.4 Å². The predicted molar refractivity (Wildman–Crippen MR) is 114 cm³/mol. The molecule has 0 bridgehead atoms. The summed E-state index contributed by atoms with van der Waals surface area (Å²) in [7, 11) is 0. The van der Waals surface area contributed by atoms with Gasteiger partial charge in [-0.1, -0.05) is 12.1 Å². The Morgan fingerprint density at radius 2 is 1.79 bits per heavy atom. The van der Waals surface area contributed by atoms with Crippen molar-refractivity contribution in [2.24, 2.45) is 0 Å². The number of hydrogen-bond donors (Lipinski definition) is 2. The van der Waals surface area contributed by atoms with Gasteiger partial charge in [-0.05, 0) is 73.4 Å². The standard InChI is InChI=1S/C23H24FNO3S/c1-16-18(15-23(27)28-13-3-2-12-26)14-22(17-4-10-21(29)11-5-17)25(16)20-8-6-19(24)7-9-20/h4-11,14,26,29H,2-3,12-13,15H2,1H3. The predicted octanol–water partition coefficient (Wildman–Crippen LogP) is 4.74. The van der Waals surface area contributed by atoms with Crippen molar-refractivity contribution in [1.82, 2.24) is 4.57 Å². The second-order valence-corrected chi connectivity index (χ2v) is 7.34. The van der Waals surface area contributed by atoms with E-state index in [9.17, 15) is 9.18 Å². The lowest BCUT2D eigenvalue weighted by molar-refractivity contribution is -0.143. The van der Waals surface area contributed by atoms with Crippen molar-refractivity contribution in [3.05, 3.63) is 71.7 Å². The molecule has 0 aliphatic heterocycles. The molecule has 0 saturated carbocycles. The van der Waals surface area contributed by atoms with Gasteiger partial charge in [0.1, 0.15) is 5.82 Å². The normalized spacial score (nSPS) is 10.9. The maximum Gasteiger partial charge on any atom is 0.310 e. The number of aliphatic hydroxyl groups excluding tert-OH is 1. The summed E-state index contributed by atoms with van der Waals surface area (Å²) in [5, 5.41) is 8.82. The van der Waals surface area contributed by atoms with Gasteiger partial charge in [0.25, 0.3) is 0 Å². The molecule has 0 aliphatic carbocycles. The van der Waals surface area contributed by atoms with E-state index in [-0.39, 0.29) is 24.8 Å². The van der Waals surface area contributed by atoms with Crippen LogP contribution in [0.5, 0.6) is 0 Å². The summed E-state index contributed by atoms with van der Waals surface area (Å²) in [4.78, 5) is 13.1. The number of unbranched alkanes of at least 4 members (excludes halogenated alkanes) is 1. The van der Waals surface area contributed by atoms with E-state index in [2.05, 4.69) is 12.6 Å². The minimum absolute atomic E-state index is 0.0889. The Morgan fingerprint density at radius 3 is 2.45 bits per heavy atom. The molecule has 3 rings (SSSR count). The third-order valence-corrected chi connectivity index (χ3v) is 5.05. The lowest BCUT2D eigenvalue weighted by atomic mass is 10.1. The zero-order valence-corrected chi connectivity index (χ0v) is 17.2. The highest BCUT2D eigenvalue weighted by Crippen LogP contribution is 2.30. The monoisotopic (exact) mass is 413 g/mol. The zero-order chi connectivity index (χ0) is 20.8. The average molecular weight is 414 g/mol. The zero-order valence-electron chi connectivity index (χ0n) is 16.3. The molecular weight excluding hydrogens is 389 g/mol. The first-order valence-electron chi connectivity index (χ1n) is 9.52. The van der Waals surface area contributed by atoms with Crippen LogP contribution in [0.25, 0.3) is 16.9 Å². The molecule has 0 spiro atoms. The number of rotatable bonds is 8. The van der Waals surface area contributed by atoms with Gasteiger partial charge in [0.05, 0.1) is 18.7 Å². The van der Waals surface area contributed by atoms with Gasteiger partial charge in [0, 0.05) is 22.9 Å². The maximum absolute atomic E-state index is 13.4. The summed E-state index contributed by atoms with van der Waals surface area (Å²) >= 11 is 4.34. The molecular formula is C23H24FNO3S. The quantitative estimate of drug-likeness (QED) is 0.319. The molecule has 1 aromatic heterocycles. The molecule has 0 fully saturated rings. The topological polar surface area (TPSA) is 51.5 Å². The first-order valence-corrected chi connectivity index (χ1v) is 9.97. The van der Waals surface area contributed by atoms with Crippen LogP contribution in [0.4, 0.5) is 4.39 Å². The smallest absolute Gasteiger partial charge is 0.310 e. The number of halogens is 1. The molecule has 2 aromatic carbocycles. The molecule has 0 saturated heterocycles. The molecule has 0 atom stereocenters. The van der Waals surface area contributed by atoms with Gasteiger partial charge in [-0.2, -0.15) is 0 Å². The summed E-state index contributed by atoms with van der Waals surface area (Å²) in [5.74, 6) is -0.606. The number of ether oxygens (including phenoxy) is 1. The Balaban J connectivity index is 1.94. The van der Waals surface area contributed by atoms with E-state index in [4.69, 9.17) is 9.84 Å². The molecule has 1 heterocycles. The van der Waals surface area contributed by atoms with Crippen molar-refractivity contribution in [1.29, 1.82) is 0 Å². The maximum atomic E-state index is 13.4. The number of esters is 1. The molecule has 1 N–H and O–H groups in total. The SMILES string of the molecule is Cc1c(CC(=O)OCCCCO)cc(-c2ccc(S)cc2)n1-c1ccc(F)cc1. The Hall–Kier alpha value is -2.57. The highest BCUT2D eigenvalue weighted by atomic mass is 32.1. The van der Waals surface area contributed by atoms with Crippen LogP contribution in [0, 0.1) is 12.7 Å². The van der Waals surface area contributed by atoms with Crippen molar-refractivity contribution < 1.29 is 19.0 Å². The first kappa shape index (κ1) is 21.1. The van der Waals surface area contributed by atoms with Crippen LogP contribution in [0.15, 0.2) is 59.5 Å². The number of carbonyl (C=O) groups is 1. The van der Waals surface area contributed by atoms with Gasteiger partial charge in [-0.15, -0.1) is 12.6 Å². The Labute approximate surface area is 175 Å². The fourth-order valence-electron chi connectivity index (χ4n) is 3.21. The molecule has 0 aliphatic rings. The summed E-state index contributed by atoms with van der Waals surface area (Å²) in [6, 6.07) is 16.0. The van der Waals surface area contributed by atoms with E-state index >= 15 is 0 Å². The largest absolute Gasteiger partial charge is 0.465 e. The van der Waals surface area contributed by atoms with Crippen molar-refractivity contribution >= 4 is 18.6 Å². The van der Waals surface area contributed by atoms with E-state index < -0.39 is 0 Å². The van der Waals surface area contributed by atoms with Gasteiger partial charge in [-0.25, -0.2) is 4.39 Å². The van der Waals surface area contributed by atoms with E-state index in [1.54, 1.807) is 12.1 Å². The Kier molecular flexibility index (Phi) is 7.12. The molecule has 4 nitrogen and oxygen atoms in total. The molecule has 152 valence electrons. The number of hydrogen-bond acceptors (Lipinski definition) is 4. The third-order valence-electron chi connectivity index (χ3n) is 4.75. The van der Waals surface area contributed by atoms with Gasteiger partial charge >= 0.3 is 5.97 Å². The molecule has 29 heavy (non-hydrogen) atoms.